The molecule has 0 radical (unpaired) electrons. The number of carbonyl (C=O) groups excluding carboxylic acids is 2. The maximum absolute atomic E-state index is 13.3. The van der Waals surface area contributed by atoms with E-state index in [4.69, 9.17) is 27.8 Å². The summed E-state index contributed by atoms with van der Waals surface area (Å²) >= 11 is 0. The number of carbonyl (C=O) groups is 2. The lowest BCUT2D eigenvalue weighted by Gasteiger charge is -2.38. The predicted molar refractivity (Wildman–Crippen MR) is 266 cm³/mol. The number of urea groups is 2. The largest absolute Gasteiger partial charge is 0.494 e. The summed E-state index contributed by atoms with van der Waals surface area (Å²) in [5.74, 6) is 3.79. The molecule has 0 unspecified atom stereocenters. The molecule has 0 aliphatic carbocycles. The molecule has 8 rings (SSSR count). The molecule has 0 bridgehead atoms. The first-order valence-electron chi connectivity index (χ1n) is 23.2. The van der Waals surface area contributed by atoms with Crippen molar-refractivity contribution in [1.29, 1.82) is 0 Å². The van der Waals surface area contributed by atoms with Crippen molar-refractivity contribution in [3.05, 3.63) is 83.8 Å². The lowest BCUT2D eigenvalue weighted by molar-refractivity contribution is 0.118. The maximum atomic E-state index is 13.3. The number of amides is 4. The number of hydrogen-bond acceptors (Lipinski definition) is 16. The second-order valence-electron chi connectivity index (χ2n) is 17.6. The smallest absolute Gasteiger partial charge is 0.320 e. The zero-order chi connectivity index (χ0) is 52.1. The third-order valence-electron chi connectivity index (χ3n) is 12.6. The van der Waals surface area contributed by atoms with Gasteiger partial charge in [-0.15, -0.1) is 20.4 Å². The topological polar surface area (TPSA) is 240 Å². The first kappa shape index (κ1) is 52.7. The van der Waals surface area contributed by atoms with E-state index in [0.717, 1.165) is 12.8 Å². The van der Waals surface area contributed by atoms with Crippen LogP contribution in [0, 0.1) is 13.8 Å². The molecular formula is C48H62N10O12S2. The number of hydrogen-bond donors (Lipinski definition) is 0. The normalized spacial score (nSPS) is 16.5. The van der Waals surface area contributed by atoms with E-state index in [1.807, 2.05) is 13.8 Å². The first-order valence-corrected chi connectivity index (χ1v) is 26.8. The van der Waals surface area contributed by atoms with Gasteiger partial charge in [0.15, 0.2) is 42.8 Å². The molecule has 2 aromatic carbocycles. The lowest BCUT2D eigenvalue weighted by Crippen LogP contribution is -2.53. The second-order valence-corrected chi connectivity index (χ2v) is 22.0. The molecule has 4 aromatic heterocycles. The number of rotatable bonds is 18. The van der Waals surface area contributed by atoms with Crippen molar-refractivity contribution in [2.75, 3.05) is 80.2 Å². The zero-order valence-electron chi connectivity index (χ0n) is 42.2. The van der Waals surface area contributed by atoms with E-state index in [-0.39, 0.29) is 60.4 Å². The fraction of sp³-hybridized carbons (Fsp3) is 0.458. The molecule has 0 spiro atoms. The number of aromatic nitrogens is 6. The van der Waals surface area contributed by atoms with Crippen LogP contribution in [0.3, 0.4) is 0 Å². The molecule has 388 valence electrons. The number of nitrogens with zero attached hydrogens (tertiary/aromatic N) is 10. The van der Waals surface area contributed by atoms with Crippen LogP contribution in [0.4, 0.5) is 9.59 Å². The van der Waals surface area contributed by atoms with E-state index in [9.17, 15) is 26.4 Å². The average molecular weight is 1040 g/mol. The van der Waals surface area contributed by atoms with Crippen LogP contribution in [0.2, 0.25) is 0 Å². The minimum Gasteiger partial charge on any atom is -0.494 e. The predicted octanol–water partition coefficient (Wildman–Crippen LogP) is 5.83. The molecule has 6 heterocycles. The highest BCUT2D eigenvalue weighted by atomic mass is 32.2. The van der Waals surface area contributed by atoms with Gasteiger partial charge in [-0.05, 0) is 89.1 Å². The number of methoxy groups -OCH3 is 4. The van der Waals surface area contributed by atoms with E-state index in [1.54, 1.807) is 117 Å². The van der Waals surface area contributed by atoms with Crippen LogP contribution in [0.5, 0.6) is 23.0 Å². The number of ether oxygens (including phenoxy) is 4. The lowest BCUT2D eigenvalue weighted by atomic mass is 10.1. The molecule has 2 atom stereocenters. The van der Waals surface area contributed by atoms with Gasteiger partial charge in [-0.25, -0.2) is 26.4 Å². The van der Waals surface area contributed by atoms with E-state index >= 15 is 0 Å². The van der Waals surface area contributed by atoms with Crippen LogP contribution in [0.25, 0.3) is 34.5 Å². The molecule has 4 amide bonds. The minimum atomic E-state index is -3.68. The molecule has 2 fully saturated rings. The summed E-state index contributed by atoms with van der Waals surface area (Å²) in [6.07, 6.45) is 1.58. The van der Waals surface area contributed by atoms with Gasteiger partial charge in [-0.1, -0.05) is 12.1 Å². The Hall–Kier alpha value is -7.08. The molecule has 0 N–H and O–H groups in total. The van der Waals surface area contributed by atoms with Crippen molar-refractivity contribution in [1.82, 2.24) is 49.1 Å². The molecule has 0 saturated carbocycles. The van der Waals surface area contributed by atoms with Crippen molar-refractivity contribution in [2.45, 2.75) is 64.1 Å². The Balaban J connectivity index is 0.000000211. The monoisotopic (exact) mass is 1030 g/mol. The molecule has 24 heteroatoms. The average Bonchev–Trinajstić information content (AvgIpc) is 4.18. The first-order chi connectivity index (χ1) is 34.3. The van der Waals surface area contributed by atoms with Crippen LogP contribution in [-0.4, -0.2) is 170 Å². The Morgan fingerprint density at radius 2 is 0.903 bits per heavy atom. The van der Waals surface area contributed by atoms with E-state index in [1.165, 1.54) is 28.4 Å². The van der Waals surface area contributed by atoms with Crippen molar-refractivity contribution < 1.29 is 54.2 Å². The molecule has 22 nitrogen and oxygen atoms in total. The molecule has 2 saturated heterocycles. The highest BCUT2D eigenvalue weighted by molar-refractivity contribution is 7.90. The number of furan rings is 2. The summed E-state index contributed by atoms with van der Waals surface area (Å²) in [5.41, 5.74) is 0.923. The SMILES string of the molecule is COc1cccc(OC)c1-n1c(CS(=O)(=O)CCN2C(=O)N(C)CC[C@@H]2C)nnc1-c1ccc(C)o1.COc1cccc(OC)c1-n1c(CS(=O)(=O)CCN2C(=O)N(C)CC[C@H]2C)nnc1-c1ccc(C)o1. The van der Waals surface area contributed by atoms with Gasteiger partial charge in [-0.3, -0.25) is 9.13 Å². The Labute approximate surface area is 419 Å². The highest BCUT2D eigenvalue weighted by Crippen LogP contribution is 2.39. The van der Waals surface area contributed by atoms with Crippen molar-refractivity contribution in [3.63, 3.8) is 0 Å². The number of para-hydroxylation sites is 2. The number of benzene rings is 2. The van der Waals surface area contributed by atoms with Gasteiger partial charge in [0.1, 0.15) is 57.4 Å². The Morgan fingerprint density at radius 3 is 1.21 bits per heavy atom. The summed E-state index contributed by atoms with van der Waals surface area (Å²) in [7, 11) is 2.15. The van der Waals surface area contributed by atoms with Crippen LogP contribution in [0.1, 0.15) is 49.9 Å². The fourth-order valence-electron chi connectivity index (χ4n) is 8.55. The van der Waals surface area contributed by atoms with Gasteiger partial charge < -0.3 is 47.4 Å². The fourth-order valence-corrected chi connectivity index (χ4v) is 10.9. The van der Waals surface area contributed by atoms with Gasteiger partial charge in [0, 0.05) is 52.4 Å². The van der Waals surface area contributed by atoms with Crippen LogP contribution >= 0.6 is 0 Å². The molecular weight excluding hydrogens is 973 g/mol. The molecule has 2 aliphatic heterocycles. The van der Waals surface area contributed by atoms with Crippen LogP contribution in [-0.2, 0) is 31.2 Å². The second kappa shape index (κ2) is 22.1. The molecule has 72 heavy (non-hydrogen) atoms. The van der Waals surface area contributed by atoms with E-state index in [0.29, 0.717) is 82.2 Å². The Bertz CT molecular complexity index is 2860. The summed E-state index contributed by atoms with van der Waals surface area (Å²) < 4.78 is 90.1. The van der Waals surface area contributed by atoms with Crippen molar-refractivity contribution >= 4 is 31.7 Å². The number of sulfone groups is 2. The number of aryl methyl sites for hydroxylation is 2. The third kappa shape index (κ3) is 11.5. The Kier molecular flexibility index (Phi) is 16.2. The van der Waals surface area contributed by atoms with Crippen molar-refractivity contribution in [2.24, 2.45) is 0 Å². The quantitative estimate of drug-likeness (QED) is 0.0984. The summed E-state index contributed by atoms with van der Waals surface area (Å²) in [5, 5.41) is 17.0. The van der Waals surface area contributed by atoms with Gasteiger partial charge in [0.2, 0.25) is 11.6 Å². The zero-order valence-corrected chi connectivity index (χ0v) is 43.8. The minimum absolute atomic E-state index is 0.0285. The molecule has 2 aliphatic rings. The van der Waals surface area contributed by atoms with Gasteiger partial charge in [0.05, 0.1) is 39.9 Å². The van der Waals surface area contributed by atoms with Crippen molar-refractivity contribution in [3.8, 4) is 57.5 Å². The summed E-state index contributed by atoms with van der Waals surface area (Å²) in [4.78, 5) is 31.5. The standard InChI is InChI=1S/2C24H31N5O6S/c2*1-16-11-12-27(3)24(30)28(16)13-14-36(31,32)15-21-25-26-23(20-10-9-17(2)35-20)29(21)22-18(33-4)7-6-8-19(22)34-5/h2*6-10,16H,11-15H2,1-5H3/t2*16-/m10/s1. The molecule has 6 aromatic rings. The van der Waals surface area contributed by atoms with Crippen LogP contribution < -0.4 is 18.9 Å². The van der Waals surface area contributed by atoms with E-state index in [2.05, 4.69) is 20.4 Å². The maximum Gasteiger partial charge on any atom is 0.320 e. The summed E-state index contributed by atoms with van der Waals surface area (Å²) in [6, 6.07) is 17.2. The highest BCUT2D eigenvalue weighted by Gasteiger charge is 2.34. The van der Waals surface area contributed by atoms with E-state index < -0.39 is 31.2 Å². The van der Waals surface area contributed by atoms with Crippen LogP contribution in [0.15, 0.2) is 69.5 Å². The Morgan fingerprint density at radius 1 is 0.556 bits per heavy atom. The summed E-state index contributed by atoms with van der Waals surface area (Å²) in [6.45, 7) is 8.98. The third-order valence-corrected chi connectivity index (χ3v) is 15.6. The van der Waals surface area contributed by atoms with Gasteiger partial charge >= 0.3 is 12.1 Å². The van der Waals surface area contributed by atoms with Gasteiger partial charge in [0.25, 0.3) is 0 Å². The van der Waals surface area contributed by atoms with Gasteiger partial charge in [-0.2, -0.15) is 0 Å².